The van der Waals surface area contributed by atoms with Gasteiger partial charge in [0.15, 0.2) is 5.82 Å². The Balaban J connectivity index is 1.37. The van der Waals surface area contributed by atoms with Gasteiger partial charge in [0.1, 0.15) is 12.4 Å². The summed E-state index contributed by atoms with van der Waals surface area (Å²) in [6.07, 6.45) is 4.58. The molecule has 2 N–H and O–H groups in total. The first-order valence-electron chi connectivity index (χ1n) is 9.28. The predicted molar refractivity (Wildman–Crippen MR) is 101 cm³/mol. The van der Waals surface area contributed by atoms with Gasteiger partial charge in [-0.1, -0.05) is 18.2 Å². The Labute approximate surface area is 157 Å². The van der Waals surface area contributed by atoms with Crippen molar-refractivity contribution < 1.29 is 9.53 Å². The van der Waals surface area contributed by atoms with Gasteiger partial charge >= 0.3 is 0 Å². The van der Waals surface area contributed by atoms with Crippen LogP contribution >= 0.6 is 0 Å². The van der Waals surface area contributed by atoms with Crippen LogP contribution in [0.1, 0.15) is 53.6 Å². The number of ether oxygens (including phenoxy) is 1. The van der Waals surface area contributed by atoms with Gasteiger partial charge in [0, 0.05) is 35.7 Å². The molecule has 2 aromatic heterocycles. The molecule has 5 rings (SSSR count). The molecule has 1 aliphatic heterocycles. The summed E-state index contributed by atoms with van der Waals surface area (Å²) in [5.41, 5.74) is 4.34. The zero-order valence-electron chi connectivity index (χ0n) is 14.8. The van der Waals surface area contributed by atoms with E-state index in [4.69, 9.17) is 4.74 Å². The number of carbonyl (C=O) groups is 1. The molecular weight excluding hydrogens is 340 g/mol. The number of hydrogen-bond donors (Lipinski definition) is 2. The van der Waals surface area contributed by atoms with Crippen LogP contribution in [0.3, 0.4) is 0 Å². The van der Waals surface area contributed by atoms with E-state index < -0.39 is 0 Å². The summed E-state index contributed by atoms with van der Waals surface area (Å²) in [4.78, 5) is 16.4. The van der Waals surface area contributed by atoms with Crippen LogP contribution in [0.15, 0.2) is 48.7 Å². The van der Waals surface area contributed by atoms with Crippen LogP contribution in [0.2, 0.25) is 0 Å². The second-order valence-electron chi connectivity index (χ2n) is 7.16. The van der Waals surface area contributed by atoms with Crippen molar-refractivity contribution in [2.45, 2.75) is 37.7 Å². The number of benzene rings is 1. The molecule has 6 heteroatoms. The summed E-state index contributed by atoms with van der Waals surface area (Å²) in [5.74, 6) is 2.08. The van der Waals surface area contributed by atoms with E-state index in [0.717, 1.165) is 22.6 Å². The number of H-pyrrole nitrogens is 1. The molecule has 136 valence electrons. The van der Waals surface area contributed by atoms with Crippen molar-refractivity contribution in [3.63, 3.8) is 0 Å². The van der Waals surface area contributed by atoms with Crippen LogP contribution in [0.25, 0.3) is 0 Å². The summed E-state index contributed by atoms with van der Waals surface area (Å²) in [5, 5.41) is 10.4. The molecule has 3 aromatic rings. The number of amides is 1. The maximum absolute atomic E-state index is 12.1. The van der Waals surface area contributed by atoms with E-state index in [9.17, 15) is 4.79 Å². The Kier molecular flexibility index (Phi) is 3.89. The smallest absolute Gasteiger partial charge is 0.226 e. The molecule has 1 fully saturated rings. The van der Waals surface area contributed by atoms with Crippen molar-refractivity contribution in [1.29, 1.82) is 0 Å². The molecule has 0 radical (unpaired) electrons. The molecule has 27 heavy (non-hydrogen) atoms. The third kappa shape index (κ3) is 3.18. The SMILES string of the molecule is O=C1CC(c2ccc(OCc3ccccn3)cc2)c2c(n[nH]c2C2CC2)N1. The Hall–Kier alpha value is -3.15. The molecule has 3 heterocycles. The summed E-state index contributed by atoms with van der Waals surface area (Å²) in [6.45, 7) is 0.434. The van der Waals surface area contributed by atoms with Crippen molar-refractivity contribution >= 4 is 11.7 Å². The molecule has 0 bridgehead atoms. The summed E-state index contributed by atoms with van der Waals surface area (Å²) in [6, 6.07) is 13.8. The Morgan fingerprint density at radius 1 is 1.11 bits per heavy atom. The molecule has 1 amide bonds. The number of carbonyl (C=O) groups excluding carboxylic acids is 1. The number of aromatic amines is 1. The van der Waals surface area contributed by atoms with Crippen molar-refractivity contribution in [3.05, 3.63) is 71.2 Å². The van der Waals surface area contributed by atoms with Crippen LogP contribution in [0.4, 0.5) is 5.82 Å². The lowest BCUT2D eigenvalue weighted by molar-refractivity contribution is -0.116. The fourth-order valence-corrected chi connectivity index (χ4v) is 3.69. The highest BCUT2D eigenvalue weighted by Gasteiger charge is 2.37. The predicted octanol–water partition coefficient (Wildman–Crippen LogP) is 3.74. The van der Waals surface area contributed by atoms with Crippen molar-refractivity contribution in [3.8, 4) is 5.75 Å². The fourth-order valence-electron chi connectivity index (χ4n) is 3.69. The summed E-state index contributed by atoms with van der Waals surface area (Å²) >= 11 is 0. The number of rotatable bonds is 5. The van der Waals surface area contributed by atoms with E-state index in [1.807, 2.05) is 42.5 Å². The van der Waals surface area contributed by atoms with Gasteiger partial charge in [-0.25, -0.2) is 0 Å². The highest BCUT2D eigenvalue weighted by atomic mass is 16.5. The van der Waals surface area contributed by atoms with Gasteiger partial charge in [-0.15, -0.1) is 0 Å². The van der Waals surface area contributed by atoms with Crippen molar-refractivity contribution in [2.24, 2.45) is 0 Å². The minimum absolute atomic E-state index is 0.0109. The Morgan fingerprint density at radius 2 is 1.96 bits per heavy atom. The second-order valence-corrected chi connectivity index (χ2v) is 7.16. The first-order valence-corrected chi connectivity index (χ1v) is 9.28. The molecule has 0 spiro atoms. The minimum atomic E-state index is 0.0109. The fraction of sp³-hybridized carbons (Fsp3) is 0.286. The number of anilines is 1. The molecule has 1 aromatic carbocycles. The number of fused-ring (bicyclic) bond motifs is 1. The van der Waals surface area contributed by atoms with E-state index >= 15 is 0 Å². The van der Waals surface area contributed by atoms with Gasteiger partial charge in [-0.3, -0.25) is 14.9 Å². The maximum Gasteiger partial charge on any atom is 0.226 e. The monoisotopic (exact) mass is 360 g/mol. The van der Waals surface area contributed by atoms with Crippen LogP contribution in [0, 0.1) is 0 Å². The topological polar surface area (TPSA) is 79.9 Å². The standard InChI is InChI=1S/C21H20N4O2/c26-18-11-17(19-20(14-4-5-14)24-25-21(19)23-18)13-6-8-16(9-7-13)27-12-15-3-1-2-10-22-15/h1-3,6-10,14,17H,4-5,11-12H2,(H2,23,24,25,26). The molecule has 0 saturated heterocycles. The average molecular weight is 360 g/mol. The number of aromatic nitrogens is 3. The largest absolute Gasteiger partial charge is 0.487 e. The van der Waals surface area contributed by atoms with Gasteiger partial charge in [0.05, 0.1) is 5.69 Å². The van der Waals surface area contributed by atoms with Gasteiger partial charge in [0.25, 0.3) is 0 Å². The van der Waals surface area contributed by atoms with Crippen LogP contribution in [-0.4, -0.2) is 21.1 Å². The average Bonchev–Trinajstić information content (AvgIpc) is 3.46. The molecule has 1 aliphatic carbocycles. The maximum atomic E-state index is 12.1. The zero-order chi connectivity index (χ0) is 18.2. The lowest BCUT2D eigenvalue weighted by Gasteiger charge is -2.23. The Morgan fingerprint density at radius 3 is 2.70 bits per heavy atom. The second kappa shape index (κ2) is 6.54. The van der Waals surface area contributed by atoms with E-state index in [1.54, 1.807) is 6.20 Å². The van der Waals surface area contributed by atoms with Crippen molar-refractivity contribution in [1.82, 2.24) is 15.2 Å². The third-order valence-electron chi connectivity index (χ3n) is 5.21. The minimum Gasteiger partial charge on any atom is -0.487 e. The molecule has 1 saturated carbocycles. The van der Waals surface area contributed by atoms with E-state index in [1.165, 1.54) is 18.5 Å². The lowest BCUT2D eigenvalue weighted by atomic mass is 9.85. The highest BCUT2D eigenvalue weighted by molar-refractivity contribution is 5.94. The zero-order valence-corrected chi connectivity index (χ0v) is 14.8. The molecule has 6 nitrogen and oxygen atoms in total. The highest BCUT2D eigenvalue weighted by Crippen LogP contribution is 2.47. The molecule has 2 aliphatic rings. The molecule has 1 atom stereocenters. The summed E-state index contributed by atoms with van der Waals surface area (Å²) in [7, 11) is 0. The van der Waals surface area contributed by atoms with Crippen LogP contribution in [0.5, 0.6) is 5.75 Å². The number of pyridine rings is 1. The number of nitrogens with zero attached hydrogens (tertiary/aromatic N) is 2. The van der Waals surface area contributed by atoms with Crippen LogP contribution in [-0.2, 0) is 11.4 Å². The number of hydrogen-bond acceptors (Lipinski definition) is 4. The lowest BCUT2D eigenvalue weighted by Crippen LogP contribution is -2.23. The number of nitrogens with one attached hydrogen (secondary N) is 2. The van der Waals surface area contributed by atoms with Gasteiger partial charge in [-0.2, -0.15) is 5.10 Å². The quantitative estimate of drug-likeness (QED) is 0.726. The summed E-state index contributed by atoms with van der Waals surface area (Å²) < 4.78 is 5.82. The van der Waals surface area contributed by atoms with E-state index in [0.29, 0.717) is 24.8 Å². The van der Waals surface area contributed by atoms with E-state index in [-0.39, 0.29) is 11.8 Å². The van der Waals surface area contributed by atoms with Gasteiger partial charge in [-0.05, 0) is 42.7 Å². The first-order chi connectivity index (χ1) is 13.3. The third-order valence-corrected chi connectivity index (χ3v) is 5.21. The van der Waals surface area contributed by atoms with Gasteiger partial charge in [0.2, 0.25) is 5.91 Å². The van der Waals surface area contributed by atoms with Crippen LogP contribution < -0.4 is 10.1 Å². The Bertz CT molecular complexity index is 962. The van der Waals surface area contributed by atoms with Gasteiger partial charge < -0.3 is 10.1 Å². The molecular formula is C21H20N4O2. The van der Waals surface area contributed by atoms with Crippen molar-refractivity contribution in [2.75, 3.05) is 5.32 Å². The van der Waals surface area contributed by atoms with E-state index in [2.05, 4.69) is 20.5 Å². The molecule has 1 unspecified atom stereocenters. The normalized spacial score (nSPS) is 18.7. The first kappa shape index (κ1) is 16.1.